The largest absolute Gasteiger partial charge is 0.478 e. The number of carbonyl (C=O) groups is 7. The Kier molecular flexibility index (Phi) is 24.8. The summed E-state index contributed by atoms with van der Waals surface area (Å²) >= 11 is 13.3. The van der Waals surface area contributed by atoms with Gasteiger partial charge in [0.1, 0.15) is 63.2 Å². The van der Waals surface area contributed by atoms with Gasteiger partial charge in [0, 0.05) is 89.7 Å². The molecule has 500 valence electrons. The van der Waals surface area contributed by atoms with Gasteiger partial charge < -0.3 is 70.0 Å². The monoisotopic (exact) mass is 1570 g/mol. The zero-order valence-electron chi connectivity index (χ0n) is 51.8. The molecule has 9 N–H and O–H groups in total. The molecule has 97 heavy (non-hydrogen) atoms. The van der Waals surface area contributed by atoms with Crippen molar-refractivity contribution in [3.05, 3.63) is 217 Å². The first-order valence-electron chi connectivity index (χ1n) is 28.3. The van der Waals surface area contributed by atoms with Crippen molar-refractivity contribution >= 4 is 147 Å². The van der Waals surface area contributed by atoms with Gasteiger partial charge in [0.05, 0.1) is 103 Å². The number of esters is 3. The van der Waals surface area contributed by atoms with E-state index in [1.807, 2.05) is 45.0 Å². The smallest absolute Gasteiger partial charge is 0.356 e. The molecule has 13 heterocycles. The second kappa shape index (κ2) is 33.5. The van der Waals surface area contributed by atoms with Gasteiger partial charge in [-0.1, -0.05) is 15.9 Å². The number of nitrogens with zero attached hydrogens (tertiary/aromatic N) is 14. The average Bonchev–Trinajstić information content (AvgIpc) is 1.70. The molecule has 3 amide bonds. The summed E-state index contributed by atoms with van der Waals surface area (Å²) in [4.78, 5) is 123. The Hall–Kier alpha value is -10.9. The first-order valence-corrected chi connectivity index (χ1v) is 31.8. The van der Waals surface area contributed by atoms with Gasteiger partial charge in [-0.25, -0.2) is 69.0 Å². The van der Waals surface area contributed by atoms with E-state index in [0.29, 0.717) is 89.3 Å². The Morgan fingerprint density at radius 2 is 1.01 bits per heavy atom. The van der Waals surface area contributed by atoms with E-state index in [-0.39, 0.29) is 17.7 Å². The number of aliphatic carboxylic acids is 1. The molecule has 0 saturated heterocycles. The quantitative estimate of drug-likeness (QED) is 0.0307. The molecule has 0 radical (unpaired) electrons. The van der Waals surface area contributed by atoms with E-state index in [2.05, 4.69) is 144 Å². The van der Waals surface area contributed by atoms with E-state index in [9.17, 15) is 33.6 Å². The van der Waals surface area contributed by atoms with Crippen LogP contribution in [0.2, 0.25) is 0 Å². The second-order valence-electron chi connectivity index (χ2n) is 21.2. The number of nitrogens with one attached hydrogen (secondary N) is 4. The van der Waals surface area contributed by atoms with E-state index >= 15 is 0 Å². The molecule has 0 atom stereocenters. The summed E-state index contributed by atoms with van der Waals surface area (Å²) in [5.74, 6) is -0.345. The number of methoxy groups -OCH3 is 2. The lowest BCUT2D eigenvalue weighted by Crippen LogP contribution is -2.22. The molecule has 0 unspecified atom stereocenters. The Morgan fingerprint density at radius 1 is 0.567 bits per heavy atom. The maximum Gasteiger partial charge on any atom is 0.356 e. The topological polar surface area (TPSA) is 420 Å². The van der Waals surface area contributed by atoms with Crippen LogP contribution in [0.5, 0.6) is 0 Å². The fourth-order valence-electron chi connectivity index (χ4n) is 8.66. The number of aromatic nitrogens is 15. The first kappa shape index (κ1) is 71.9. The fourth-order valence-corrected chi connectivity index (χ4v) is 10.2. The van der Waals surface area contributed by atoms with Crippen LogP contribution in [-0.4, -0.2) is 140 Å². The maximum absolute atomic E-state index is 12.1. The van der Waals surface area contributed by atoms with Crippen LogP contribution in [0.3, 0.4) is 0 Å². The standard InChI is InChI=1S/C17H18N4O3.C13H10N4O3.C11H11BrN4O2.C10H7BrN4O.C6H6Br2N2.C5H6N2O2/c1-17(2,3)24-14(22)5-4-11-6-12-9-21-10-18-8-13(21)16(23)20-15(12)19-7-11;18-11(19)2-1-8-3-9-6-17-7-14-5-10(17)13(20)16-12(9)15-4-8;1-18-11(17)9-4-14-6-16(9)5-7-2-8(12)3-15-10(7)13;11-7-1-6-4-15-5-12-3-8(15)10(16)14-9(6)13-2-7;7-2-4-1-5(8)3-10-6(4)9;1-9-5(8)4-2-6-3-7-4/h4-8,10H,9H2,1-3H3,(H,19,20,23);1-5,7H,6H2,(H,18,19)(H,15,16,20);2-4,6H,5H2,1H3,(H2,13,15);1-3,5H,4H2,(H,13,14,16);1,3H,2H2,(H2,9,10);2-3H,1H3,(H,6,7)/b5-4+;2-1+;;;;. The number of carbonyl (C=O) groups excluding carboxylic acids is 6. The zero-order valence-corrected chi connectivity index (χ0v) is 58.2. The van der Waals surface area contributed by atoms with Crippen LogP contribution >= 0.6 is 63.7 Å². The van der Waals surface area contributed by atoms with Crippen molar-refractivity contribution in [1.82, 2.24) is 73.1 Å². The molecule has 0 aliphatic carbocycles. The van der Waals surface area contributed by atoms with Crippen LogP contribution in [0.1, 0.15) is 112 Å². The number of imidazole rings is 5. The van der Waals surface area contributed by atoms with E-state index in [0.717, 1.165) is 58.2 Å². The highest BCUT2D eigenvalue weighted by Crippen LogP contribution is 2.26. The Bertz CT molecular complexity index is 4580. The van der Waals surface area contributed by atoms with E-state index in [1.54, 1.807) is 86.7 Å². The first-order chi connectivity index (χ1) is 46.4. The summed E-state index contributed by atoms with van der Waals surface area (Å²) < 4.78 is 23.9. The second-order valence-corrected chi connectivity index (χ2v) is 24.5. The number of fused-ring (bicyclic) bond motifs is 6. The molecule has 10 aromatic rings. The fraction of sp³-hybridized carbons (Fsp3) is 0.177. The SMILES string of the molecule is CC(C)(C)OC(=O)/C=C/c1cnc2c(c1)Cn1cncc1C(=O)N2.COC(=O)c1cnc[nH]1.COC(=O)c1cncn1Cc1cc(Br)cnc1N.Nc1ncc(Br)cc1CBr.O=C(O)/C=C/c1cnc2c(c1)Cn1cncc1C(=O)N2.O=C1Nc2ncc(Br)cc2Cn2cncc21. The molecule has 0 bridgehead atoms. The number of nitrogen functional groups attached to an aromatic ring is 2. The van der Waals surface area contributed by atoms with Crippen molar-refractivity contribution in [2.45, 2.75) is 57.9 Å². The molecule has 3 aliphatic heterocycles. The van der Waals surface area contributed by atoms with Gasteiger partial charge in [-0.05, 0) is 122 Å². The van der Waals surface area contributed by atoms with Crippen LogP contribution < -0.4 is 27.4 Å². The van der Waals surface area contributed by atoms with Gasteiger partial charge in [-0.2, -0.15) is 0 Å². The number of carboxylic acid groups (broad SMARTS) is 1. The van der Waals surface area contributed by atoms with E-state index in [1.165, 1.54) is 63.7 Å². The number of amides is 3. The number of hydrogen-bond donors (Lipinski definition) is 7. The Labute approximate surface area is 585 Å². The van der Waals surface area contributed by atoms with Gasteiger partial charge >= 0.3 is 23.9 Å². The maximum atomic E-state index is 12.1. The van der Waals surface area contributed by atoms with Crippen LogP contribution in [-0.2, 0) is 55.3 Å². The van der Waals surface area contributed by atoms with E-state index < -0.39 is 29.5 Å². The lowest BCUT2D eigenvalue weighted by atomic mass is 10.1. The van der Waals surface area contributed by atoms with Crippen LogP contribution in [0.25, 0.3) is 12.2 Å². The number of pyridine rings is 5. The predicted molar refractivity (Wildman–Crippen MR) is 368 cm³/mol. The van der Waals surface area contributed by atoms with Gasteiger partial charge in [0.15, 0.2) is 0 Å². The third-order valence-electron chi connectivity index (χ3n) is 13.1. The molecular weight excluding hydrogens is 1520 g/mol. The minimum Gasteiger partial charge on any atom is -0.478 e. The number of ether oxygens (including phenoxy) is 3. The molecule has 0 aromatic carbocycles. The van der Waals surface area contributed by atoms with Gasteiger partial charge in [-0.3, -0.25) is 14.4 Å². The number of alkyl halides is 1. The summed E-state index contributed by atoms with van der Waals surface area (Å²) in [5.41, 5.74) is 18.8. The highest BCUT2D eigenvalue weighted by molar-refractivity contribution is 9.11. The van der Waals surface area contributed by atoms with Crippen LogP contribution in [0.15, 0.2) is 150 Å². The number of H-pyrrole nitrogens is 1. The summed E-state index contributed by atoms with van der Waals surface area (Å²) in [6, 6.07) is 9.40. The van der Waals surface area contributed by atoms with Crippen LogP contribution in [0.4, 0.5) is 29.1 Å². The molecule has 0 fully saturated rings. The number of nitrogens with two attached hydrogens (primary N) is 2. The van der Waals surface area contributed by atoms with Crippen molar-refractivity contribution in [1.29, 1.82) is 0 Å². The molecule has 0 spiro atoms. The third-order valence-corrected chi connectivity index (χ3v) is 15.0. The number of rotatable bonds is 9. The highest BCUT2D eigenvalue weighted by atomic mass is 79.9. The van der Waals surface area contributed by atoms with Crippen molar-refractivity contribution in [2.75, 3.05) is 41.6 Å². The number of halogens is 4. The Morgan fingerprint density at radius 3 is 1.46 bits per heavy atom. The molecule has 35 heteroatoms. The molecular formula is C62H58Br4N20O11. The van der Waals surface area contributed by atoms with Crippen molar-refractivity contribution in [2.24, 2.45) is 0 Å². The average molecular weight is 1580 g/mol. The summed E-state index contributed by atoms with van der Waals surface area (Å²) in [6.07, 6.45) is 28.8. The van der Waals surface area contributed by atoms with Crippen LogP contribution in [0, 0.1) is 0 Å². The number of anilines is 5. The number of hydrogen-bond acceptors (Lipinski definition) is 22. The minimum atomic E-state index is -1.02. The van der Waals surface area contributed by atoms with Gasteiger partial charge in [-0.15, -0.1) is 0 Å². The molecule has 3 aliphatic rings. The summed E-state index contributed by atoms with van der Waals surface area (Å²) in [7, 11) is 2.65. The number of carboxylic acids is 1. The molecule has 31 nitrogen and oxygen atoms in total. The van der Waals surface area contributed by atoms with Crippen molar-refractivity contribution < 1.29 is 52.9 Å². The normalized spacial score (nSPS) is 12.2. The number of aromatic amines is 1. The lowest BCUT2D eigenvalue weighted by Gasteiger charge is -2.17. The van der Waals surface area contributed by atoms with Gasteiger partial charge in [0.2, 0.25) is 0 Å². The highest BCUT2D eigenvalue weighted by Gasteiger charge is 2.24. The van der Waals surface area contributed by atoms with Gasteiger partial charge in [0.25, 0.3) is 17.7 Å². The zero-order chi connectivity index (χ0) is 69.9. The minimum absolute atomic E-state index is 0.175. The summed E-state index contributed by atoms with van der Waals surface area (Å²) in [6.45, 7) is 7.37. The molecule has 13 rings (SSSR count). The predicted octanol–water partition coefficient (Wildman–Crippen LogP) is 8.87. The Balaban J connectivity index is 0.000000153. The lowest BCUT2D eigenvalue weighted by molar-refractivity contribution is -0.148. The summed E-state index contributed by atoms with van der Waals surface area (Å²) in [5, 5.41) is 17.6. The molecule has 0 saturated carbocycles. The van der Waals surface area contributed by atoms with E-state index in [4.69, 9.17) is 21.3 Å². The third kappa shape index (κ3) is 20.3. The molecule has 10 aromatic heterocycles. The van der Waals surface area contributed by atoms with Crippen molar-refractivity contribution in [3.63, 3.8) is 0 Å². The van der Waals surface area contributed by atoms with Crippen molar-refractivity contribution in [3.8, 4) is 0 Å².